The van der Waals surface area contributed by atoms with Crippen LogP contribution < -0.4 is 5.73 Å². The maximum Gasteiger partial charge on any atom is 0.191 e. The molecule has 1 rings (SSSR count). The lowest BCUT2D eigenvalue weighted by Crippen LogP contribution is -2.37. The molecule has 1 aromatic carbocycles. The monoisotopic (exact) mass is 233 g/mol. The van der Waals surface area contributed by atoms with Crippen molar-refractivity contribution in [2.24, 2.45) is 10.7 Å². The van der Waals surface area contributed by atoms with E-state index in [-0.39, 0.29) is 0 Å². The quantitative estimate of drug-likeness (QED) is 0.625. The number of nitrogens with two attached hydrogens (primary N) is 1. The summed E-state index contributed by atoms with van der Waals surface area (Å²) in [6.45, 7) is 8.90. The van der Waals surface area contributed by atoms with E-state index in [1.165, 1.54) is 11.1 Å². The molecule has 0 spiro atoms. The average Bonchev–Trinajstić information content (AvgIpc) is 2.33. The Morgan fingerprint density at radius 3 is 2.47 bits per heavy atom. The molecule has 0 aliphatic heterocycles. The summed E-state index contributed by atoms with van der Waals surface area (Å²) in [5.41, 5.74) is 8.59. The van der Waals surface area contributed by atoms with E-state index in [9.17, 15) is 0 Å². The Morgan fingerprint density at radius 2 is 1.88 bits per heavy atom. The van der Waals surface area contributed by atoms with Crippen LogP contribution in [0.15, 0.2) is 29.3 Å². The van der Waals surface area contributed by atoms with Crippen molar-refractivity contribution >= 4 is 5.96 Å². The van der Waals surface area contributed by atoms with Gasteiger partial charge in [-0.3, -0.25) is 4.99 Å². The van der Waals surface area contributed by atoms with Crippen LogP contribution in [-0.4, -0.2) is 30.5 Å². The molecule has 0 heterocycles. The smallest absolute Gasteiger partial charge is 0.191 e. The van der Waals surface area contributed by atoms with Gasteiger partial charge in [0, 0.05) is 19.6 Å². The van der Waals surface area contributed by atoms with Gasteiger partial charge in [-0.15, -0.1) is 0 Å². The molecule has 0 saturated heterocycles. The average molecular weight is 233 g/mol. The predicted molar refractivity (Wildman–Crippen MR) is 74.3 cm³/mol. The number of nitrogens with zero attached hydrogens (tertiary/aromatic N) is 2. The molecule has 0 amide bonds. The summed E-state index contributed by atoms with van der Waals surface area (Å²) in [6, 6.07) is 8.41. The molecular formula is C14H23N3. The first-order valence-electron chi connectivity index (χ1n) is 6.28. The number of hydrogen-bond acceptors (Lipinski definition) is 1. The van der Waals surface area contributed by atoms with Crippen molar-refractivity contribution in [2.45, 2.75) is 27.2 Å². The SMILES string of the molecule is CCN(CC)C(N)=NCCc1ccccc1C. The fraction of sp³-hybridized carbons (Fsp3) is 0.500. The molecule has 3 heteroatoms. The molecule has 2 N–H and O–H groups in total. The summed E-state index contributed by atoms with van der Waals surface area (Å²) in [6.07, 6.45) is 0.953. The fourth-order valence-corrected chi connectivity index (χ4v) is 1.83. The third-order valence-electron chi connectivity index (χ3n) is 3.00. The lowest BCUT2D eigenvalue weighted by Gasteiger charge is -2.19. The van der Waals surface area contributed by atoms with Crippen LogP contribution in [0.2, 0.25) is 0 Å². The lowest BCUT2D eigenvalue weighted by molar-refractivity contribution is 0.458. The summed E-state index contributed by atoms with van der Waals surface area (Å²) in [5, 5.41) is 0. The number of aliphatic imine (C=N–C) groups is 1. The van der Waals surface area contributed by atoms with Gasteiger partial charge < -0.3 is 10.6 Å². The van der Waals surface area contributed by atoms with Crippen molar-refractivity contribution in [3.8, 4) is 0 Å². The molecule has 3 nitrogen and oxygen atoms in total. The zero-order valence-corrected chi connectivity index (χ0v) is 11.1. The van der Waals surface area contributed by atoms with Crippen molar-refractivity contribution in [2.75, 3.05) is 19.6 Å². The van der Waals surface area contributed by atoms with Gasteiger partial charge in [-0.1, -0.05) is 24.3 Å². The van der Waals surface area contributed by atoms with E-state index >= 15 is 0 Å². The maximum atomic E-state index is 5.92. The number of benzene rings is 1. The first kappa shape index (κ1) is 13.6. The van der Waals surface area contributed by atoms with Gasteiger partial charge in [0.05, 0.1) is 0 Å². The third kappa shape index (κ3) is 4.10. The summed E-state index contributed by atoms with van der Waals surface area (Å²) in [7, 11) is 0. The van der Waals surface area contributed by atoms with Crippen LogP contribution in [-0.2, 0) is 6.42 Å². The molecule has 0 radical (unpaired) electrons. The van der Waals surface area contributed by atoms with Gasteiger partial charge in [0.25, 0.3) is 0 Å². The molecule has 0 fully saturated rings. The second kappa shape index (κ2) is 6.94. The van der Waals surface area contributed by atoms with Crippen molar-refractivity contribution in [1.29, 1.82) is 0 Å². The number of guanidine groups is 1. The highest BCUT2D eigenvalue weighted by atomic mass is 15.2. The van der Waals surface area contributed by atoms with E-state index in [1.54, 1.807) is 0 Å². The van der Waals surface area contributed by atoms with Crippen molar-refractivity contribution in [3.05, 3.63) is 35.4 Å². The van der Waals surface area contributed by atoms with Crippen LogP contribution in [0, 0.1) is 6.92 Å². The Morgan fingerprint density at radius 1 is 1.24 bits per heavy atom. The number of rotatable bonds is 5. The Hall–Kier alpha value is -1.51. The van der Waals surface area contributed by atoms with Crippen molar-refractivity contribution in [3.63, 3.8) is 0 Å². The van der Waals surface area contributed by atoms with E-state index in [0.717, 1.165) is 26.1 Å². The molecule has 0 bridgehead atoms. The van der Waals surface area contributed by atoms with Crippen molar-refractivity contribution in [1.82, 2.24) is 4.90 Å². The van der Waals surface area contributed by atoms with Gasteiger partial charge in [0.1, 0.15) is 0 Å². The van der Waals surface area contributed by atoms with Gasteiger partial charge in [0.2, 0.25) is 0 Å². The van der Waals surface area contributed by atoms with Gasteiger partial charge >= 0.3 is 0 Å². The molecule has 17 heavy (non-hydrogen) atoms. The Balaban J connectivity index is 2.52. The standard InChI is InChI=1S/C14H23N3/c1-4-17(5-2)14(15)16-11-10-13-9-7-6-8-12(13)3/h6-9H,4-5,10-11H2,1-3H3,(H2,15,16). The Bertz CT molecular complexity index is 367. The van der Waals surface area contributed by atoms with Gasteiger partial charge in [0.15, 0.2) is 5.96 Å². The number of aryl methyl sites for hydroxylation is 1. The second-order valence-corrected chi connectivity index (χ2v) is 4.09. The van der Waals surface area contributed by atoms with E-state index in [4.69, 9.17) is 5.73 Å². The molecule has 0 aliphatic rings. The normalized spacial score (nSPS) is 11.6. The zero-order chi connectivity index (χ0) is 12.7. The molecule has 0 atom stereocenters. The summed E-state index contributed by atoms with van der Waals surface area (Å²) >= 11 is 0. The van der Waals surface area contributed by atoms with Crippen LogP contribution in [0.4, 0.5) is 0 Å². The van der Waals surface area contributed by atoms with Crippen LogP contribution in [0.5, 0.6) is 0 Å². The van der Waals surface area contributed by atoms with E-state index in [2.05, 4.69) is 54.9 Å². The van der Waals surface area contributed by atoms with E-state index in [1.807, 2.05) is 0 Å². The minimum Gasteiger partial charge on any atom is -0.370 e. The molecule has 0 unspecified atom stereocenters. The van der Waals surface area contributed by atoms with Crippen LogP contribution in [0.25, 0.3) is 0 Å². The number of hydrogen-bond donors (Lipinski definition) is 1. The first-order chi connectivity index (χ1) is 8.19. The van der Waals surface area contributed by atoms with E-state index < -0.39 is 0 Å². The second-order valence-electron chi connectivity index (χ2n) is 4.09. The summed E-state index contributed by atoms with van der Waals surface area (Å²) in [4.78, 5) is 6.49. The Kier molecular flexibility index (Phi) is 5.53. The fourth-order valence-electron chi connectivity index (χ4n) is 1.83. The largest absolute Gasteiger partial charge is 0.370 e. The van der Waals surface area contributed by atoms with Crippen molar-refractivity contribution < 1.29 is 0 Å². The zero-order valence-electron chi connectivity index (χ0n) is 11.1. The van der Waals surface area contributed by atoms with Gasteiger partial charge in [-0.2, -0.15) is 0 Å². The minimum atomic E-state index is 0.656. The van der Waals surface area contributed by atoms with Crippen LogP contribution in [0.3, 0.4) is 0 Å². The maximum absolute atomic E-state index is 5.92. The summed E-state index contributed by atoms with van der Waals surface area (Å²) in [5.74, 6) is 0.656. The molecule has 0 aromatic heterocycles. The molecule has 94 valence electrons. The van der Waals surface area contributed by atoms with E-state index in [0.29, 0.717) is 5.96 Å². The highest BCUT2D eigenvalue weighted by Crippen LogP contribution is 2.07. The molecule has 0 saturated carbocycles. The highest BCUT2D eigenvalue weighted by Gasteiger charge is 2.01. The minimum absolute atomic E-state index is 0.656. The highest BCUT2D eigenvalue weighted by molar-refractivity contribution is 5.77. The topological polar surface area (TPSA) is 41.6 Å². The predicted octanol–water partition coefficient (Wildman–Crippen LogP) is 2.19. The molecule has 1 aromatic rings. The molecular weight excluding hydrogens is 210 g/mol. The van der Waals surface area contributed by atoms with Gasteiger partial charge in [-0.25, -0.2) is 0 Å². The van der Waals surface area contributed by atoms with Crippen LogP contribution >= 0.6 is 0 Å². The third-order valence-corrected chi connectivity index (χ3v) is 3.00. The Labute approximate surface area is 104 Å². The van der Waals surface area contributed by atoms with Gasteiger partial charge in [-0.05, 0) is 38.3 Å². The summed E-state index contributed by atoms with van der Waals surface area (Å²) < 4.78 is 0. The lowest BCUT2D eigenvalue weighted by atomic mass is 10.1. The molecule has 0 aliphatic carbocycles. The van der Waals surface area contributed by atoms with Crippen LogP contribution in [0.1, 0.15) is 25.0 Å². The first-order valence-corrected chi connectivity index (χ1v) is 6.28.